The molecule has 46 heavy (non-hydrogen) atoms. The maximum atomic E-state index is 13.6. The standard InChI is InChI=1S/C42H44N2O2/c45-41(37-22-24-40(25-23-37)46-32-34-14-5-1-6-15-34)43-33-42(38-18-9-3-10-19-38,39-20-11-4-12-21-39)28-13-29-44-30-26-36(27-31-44)35-16-7-2-8-17-35/h1-12,14-25,36H,13,26-33H2,(H,43,45). The summed E-state index contributed by atoms with van der Waals surface area (Å²) in [6.45, 7) is 4.33. The molecule has 5 aromatic carbocycles. The van der Waals surface area contributed by atoms with Gasteiger partial charge < -0.3 is 15.0 Å². The fourth-order valence-electron chi connectivity index (χ4n) is 6.86. The molecule has 5 aromatic rings. The zero-order chi connectivity index (χ0) is 31.4. The third kappa shape index (κ3) is 7.94. The molecule has 0 unspecified atom stereocenters. The fourth-order valence-corrected chi connectivity index (χ4v) is 6.86. The first-order valence-corrected chi connectivity index (χ1v) is 16.6. The van der Waals surface area contributed by atoms with Gasteiger partial charge in [0.05, 0.1) is 0 Å². The minimum atomic E-state index is -0.348. The van der Waals surface area contributed by atoms with Crippen LogP contribution in [0.2, 0.25) is 0 Å². The van der Waals surface area contributed by atoms with Crippen molar-refractivity contribution in [2.75, 3.05) is 26.2 Å². The van der Waals surface area contributed by atoms with E-state index in [0.717, 1.165) is 43.8 Å². The summed E-state index contributed by atoms with van der Waals surface area (Å²) in [4.78, 5) is 16.2. The molecule has 0 aromatic heterocycles. The summed E-state index contributed by atoms with van der Waals surface area (Å²) in [5, 5.41) is 3.33. The van der Waals surface area contributed by atoms with E-state index in [9.17, 15) is 4.79 Å². The molecule has 0 radical (unpaired) electrons. The van der Waals surface area contributed by atoms with Crippen LogP contribution in [0.25, 0.3) is 0 Å². The first-order chi connectivity index (χ1) is 22.7. The molecule has 1 fully saturated rings. The molecule has 0 atom stereocenters. The third-order valence-corrected chi connectivity index (χ3v) is 9.50. The van der Waals surface area contributed by atoms with Crippen LogP contribution >= 0.6 is 0 Å². The topological polar surface area (TPSA) is 41.6 Å². The molecule has 0 saturated carbocycles. The monoisotopic (exact) mass is 608 g/mol. The van der Waals surface area contributed by atoms with Gasteiger partial charge in [-0.1, -0.05) is 121 Å². The molecule has 0 bridgehead atoms. The number of nitrogens with one attached hydrogen (secondary N) is 1. The Labute approximate surface area is 274 Å². The number of benzene rings is 5. The molecule has 6 rings (SSSR count). The number of rotatable bonds is 13. The van der Waals surface area contributed by atoms with E-state index in [1.54, 1.807) is 0 Å². The van der Waals surface area contributed by atoms with Gasteiger partial charge in [0.1, 0.15) is 12.4 Å². The lowest BCUT2D eigenvalue weighted by atomic mass is 9.71. The summed E-state index contributed by atoms with van der Waals surface area (Å²) in [5.74, 6) is 1.33. The molecule has 1 aliphatic heterocycles. The summed E-state index contributed by atoms with van der Waals surface area (Å²) in [7, 11) is 0. The van der Waals surface area contributed by atoms with Crippen molar-refractivity contribution in [2.45, 2.75) is 43.6 Å². The molecule has 1 heterocycles. The van der Waals surface area contributed by atoms with Gasteiger partial charge in [-0.05, 0) is 97.8 Å². The van der Waals surface area contributed by atoms with E-state index < -0.39 is 0 Å². The van der Waals surface area contributed by atoms with Crippen LogP contribution < -0.4 is 10.1 Å². The molecular formula is C42H44N2O2. The summed E-state index contributed by atoms with van der Waals surface area (Å²) >= 11 is 0. The quantitative estimate of drug-likeness (QED) is 0.145. The van der Waals surface area contributed by atoms with Crippen molar-refractivity contribution in [1.82, 2.24) is 10.2 Å². The van der Waals surface area contributed by atoms with Gasteiger partial charge in [-0.15, -0.1) is 0 Å². The Morgan fingerprint density at radius 3 is 1.83 bits per heavy atom. The molecule has 0 spiro atoms. The summed E-state index contributed by atoms with van der Waals surface area (Å²) in [6.07, 6.45) is 4.40. The second kappa shape index (κ2) is 15.6. The van der Waals surface area contributed by atoms with Crippen LogP contribution in [0, 0.1) is 0 Å². The molecule has 1 saturated heterocycles. The van der Waals surface area contributed by atoms with Gasteiger partial charge >= 0.3 is 0 Å². The number of ether oxygens (including phenoxy) is 1. The van der Waals surface area contributed by atoms with Gasteiger partial charge in [-0.2, -0.15) is 0 Å². The molecule has 1 N–H and O–H groups in total. The molecule has 4 heteroatoms. The lowest BCUT2D eigenvalue weighted by Crippen LogP contribution is -2.42. The molecule has 4 nitrogen and oxygen atoms in total. The number of hydrogen-bond donors (Lipinski definition) is 1. The van der Waals surface area contributed by atoms with E-state index in [-0.39, 0.29) is 11.3 Å². The maximum Gasteiger partial charge on any atom is 0.251 e. The summed E-state index contributed by atoms with van der Waals surface area (Å²) in [6, 6.07) is 49.9. The Kier molecular flexibility index (Phi) is 10.6. The van der Waals surface area contributed by atoms with Crippen molar-refractivity contribution in [3.63, 3.8) is 0 Å². The van der Waals surface area contributed by atoms with E-state index in [2.05, 4.69) is 101 Å². The van der Waals surface area contributed by atoms with Gasteiger partial charge in [0.25, 0.3) is 5.91 Å². The number of hydrogen-bond acceptors (Lipinski definition) is 3. The van der Waals surface area contributed by atoms with Crippen molar-refractivity contribution in [3.8, 4) is 5.75 Å². The Hall–Kier alpha value is -4.67. The predicted molar refractivity (Wildman–Crippen MR) is 187 cm³/mol. The van der Waals surface area contributed by atoms with Crippen LogP contribution in [0.15, 0.2) is 146 Å². The highest BCUT2D eigenvalue weighted by Crippen LogP contribution is 2.37. The highest BCUT2D eigenvalue weighted by Gasteiger charge is 2.35. The average molecular weight is 609 g/mol. The van der Waals surface area contributed by atoms with E-state index >= 15 is 0 Å². The van der Waals surface area contributed by atoms with Crippen LogP contribution in [0.3, 0.4) is 0 Å². The van der Waals surface area contributed by atoms with Crippen LogP contribution in [0.1, 0.15) is 64.2 Å². The zero-order valence-corrected chi connectivity index (χ0v) is 26.6. The van der Waals surface area contributed by atoms with Crippen molar-refractivity contribution in [1.29, 1.82) is 0 Å². The number of piperidine rings is 1. The second-order valence-corrected chi connectivity index (χ2v) is 12.4. The van der Waals surface area contributed by atoms with Crippen molar-refractivity contribution in [2.24, 2.45) is 0 Å². The summed E-state index contributed by atoms with van der Waals surface area (Å²) < 4.78 is 5.94. The Morgan fingerprint density at radius 1 is 0.696 bits per heavy atom. The van der Waals surface area contributed by atoms with E-state index in [1.165, 1.54) is 29.5 Å². The van der Waals surface area contributed by atoms with E-state index in [1.807, 2.05) is 54.6 Å². The number of likely N-dealkylation sites (tertiary alicyclic amines) is 1. The number of amides is 1. The summed E-state index contributed by atoms with van der Waals surface area (Å²) in [5.41, 5.74) is 5.32. The number of carbonyl (C=O) groups is 1. The van der Waals surface area contributed by atoms with Gasteiger partial charge in [-0.3, -0.25) is 4.79 Å². The van der Waals surface area contributed by atoms with Crippen molar-refractivity contribution >= 4 is 5.91 Å². The Bertz CT molecular complexity index is 1580. The van der Waals surface area contributed by atoms with Crippen molar-refractivity contribution in [3.05, 3.63) is 173 Å². The van der Waals surface area contributed by atoms with Gasteiger partial charge in [0.15, 0.2) is 0 Å². The molecular weight excluding hydrogens is 564 g/mol. The lowest BCUT2D eigenvalue weighted by molar-refractivity contribution is 0.0944. The molecule has 234 valence electrons. The van der Waals surface area contributed by atoms with Crippen LogP contribution in [-0.2, 0) is 12.0 Å². The Morgan fingerprint density at radius 2 is 1.24 bits per heavy atom. The highest BCUT2D eigenvalue weighted by molar-refractivity contribution is 5.94. The number of nitrogens with zero attached hydrogens (tertiary/aromatic N) is 1. The first-order valence-electron chi connectivity index (χ1n) is 16.6. The predicted octanol–water partition coefficient (Wildman–Crippen LogP) is 8.64. The smallest absolute Gasteiger partial charge is 0.251 e. The molecule has 0 aliphatic carbocycles. The highest BCUT2D eigenvalue weighted by atomic mass is 16.5. The lowest BCUT2D eigenvalue weighted by Gasteiger charge is -2.37. The van der Waals surface area contributed by atoms with Gasteiger partial charge in [-0.25, -0.2) is 0 Å². The largest absolute Gasteiger partial charge is 0.489 e. The zero-order valence-electron chi connectivity index (χ0n) is 26.6. The molecule has 1 amide bonds. The normalized spacial score (nSPS) is 14.1. The fraction of sp³-hybridized carbons (Fsp3) is 0.262. The average Bonchev–Trinajstić information content (AvgIpc) is 3.14. The van der Waals surface area contributed by atoms with Gasteiger partial charge in [0, 0.05) is 17.5 Å². The third-order valence-electron chi connectivity index (χ3n) is 9.50. The Balaban J connectivity index is 1.13. The first kappa shape index (κ1) is 31.3. The minimum absolute atomic E-state index is 0.0752. The SMILES string of the molecule is O=C(NCC(CCCN1CCC(c2ccccc2)CC1)(c1ccccc1)c1ccccc1)c1ccc(OCc2ccccc2)cc1. The van der Waals surface area contributed by atoms with Crippen LogP contribution in [-0.4, -0.2) is 37.0 Å². The van der Waals surface area contributed by atoms with Crippen LogP contribution in [0.5, 0.6) is 5.75 Å². The number of carbonyl (C=O) groups excluding carboxylic acids is 1. The minimum Gasteiger partial charge on any atom is -0.489 e. The van der Waals surface area contributed by atoms with E-state index in [4.69, 9.17) is 4.74 Å². The van der Waals surface area contributed by atoms with Gasteiger partial charge in [0.2, 0.25) is 0 Å². The second-order valence-electron chi connectivity index (χ2n) is 12.4. The maximum absolute atomic E-state index is 13.6. The van der Waals surface area contributed by atoms with E-state index in [0.29, 0.717) is 24.6 Å². The molecule has 1 aliphatic rings. The van der Waals surface area contributed by atoms with Crippen molar-refractivity contribution < 1.29 is 9.53 Å². The van der Waals surface area contributed by atoms with Crippen LogP contribution in [0.4, 0.5) is 0 Å².